The van der Waals surface area contributed by atoms with E-state index in [-0.39, 0.29) is 12.0 Å². The Morgan fingerprint density at radius 2 is 2.24 bits per heavy atom. The SMILES string of the molecule is CCOC(=O)C1C(C)=NC(SC)=NC1c1cccc(Cl)c1. The third-order valence-corrected chi connectivity index (χ3v) is 4.00. The second-order valence-corrected chi connectivity index (χ2v) is 5.81. The van der Waals surface area contributed by atoms with Crippen LogP contribution in [0.5, 0.6) is 0 Å². The van der Waals surface area contributed by atoms with Crippen LogP contribution in [-0.2, 0) is 9.53 Å². The number of hydrogen-bond donors (Lipinski definition) is 0. The van der Waals surface area contributed by atoms with Crippen molar-refractivity contribution < 1.29 is 9.53 Å². The Hall–Kier alpha value is -1.33. The van der Waals surface area contributed by atoms with E-state index in [2.05, 4.69) is 9.98 Å². The predicted octanol–water partition coefficient (Wildman–Crippen LogP) is 3.75. The molecule has 0 fully saturated rings. The molecule has 0 N–H and O–H groups in total. The van der Waals surface area contributed by atoms with E-state index in [0.717, 1.165) is 11.3 Å². The van der Waals surface area contributed by atoms with E-state index < -0.39 is 5.92 Å². The molecule has 1 aliphatic heterocycles. The molecule has 1 aromatic rings. The van der Waals surface area contributed by atoms with E-state index >= 15 is 0 Å². The van der Waals surface area contributed by atoms with Gasteiger partial charge in [0.05, 0.1) is 12.6 Å². The summed E-state index contributed by atoms with van der Waals surface area (Å²) in [5.41, 5.74) is 1.61. The lowest BCUT2D eigenvalue weighted by atomic mass is 9.89. The molecule has 0 bridgehead atoms. The standard InChI is InChI=1S/C15H17ClN2O2S/c1-4-20-14(19)12-9(2)17-15(21-3)18-13(12)10-6-5-7-11(16)8-10/h5-8,12-13H,4H2,1-3H3. The summed E-state index contributed by atoms with van der Waals surface area (Å²) in [5, 5.41) is 1.29. The van der Waals surface area contributed by atoms with Gasteiger partial charge < -0.3 is 4.74 Å². The van der Waals surface area contributed by atoms with Crippen molar-refractivity contribution >= 4 is 40.2 Å². The van der Waals surface area contributed by atoms with Crippen LogP contribution in [0.3, 0.4) is 0 Å². The molecular formula is C15H17ClN2O2S. The van der Waals surface area contributed by atoms with Crippen LogP contribution < -0.4 is 0 Å². The van der Waals surface area contributed by atoms with Crippen molar-refractivity contribution in [2.24, 2.45) is 15.9 Å². The predicted molar refractivity (Wildman–Crippen MR) is 88.4 cm³/mol. The third kappa shape index (κ3) is 3.66. The number of hydrogen-bond acceptors (Lipinski definition) is 5. The lowest BCUT2D eigenvalue weighted by Gasteiger charge is -2.26. The van der Waals surface area contributed by atoms with E-state index in [1.54, 1.807) is 13.0 Å². The van der Waals surface area contributed by atoms with Gasteiger partial charge in [-0.2, -0.15) is 0 Å². The van der Waals surface area contributed by atoms with Crippen LogP contribution in [0.15, 0.2) is 34.3 Å². The van der Waals surface area contributed by atoms with E-state index in [1.807, 2.05) is 31.4 Å². The quantitative estimate of drug-likeness (QED) is 0.795. The Labute approximate surface area is 133 Å². The summed E-state index contributed by atoms with van der Waals surface area (Å²) in [6.45, 7) is 3.96. The topological polar surface area (TPSA) is 51.0 Å². The number of esters is 1. The van der Waals surface area contributed by atoms with Crippen LogP contribution in [0.2, 0.25) is 5.02 Å². The number of aliphatic imine (C=N–C) groups is 2. The summed E-state index contributed by atoms with van der Waals surface area (Å²) in [6, 6.07) is 7.06. The Kier molecular flexibility index (Phi) is 5.42. The Bertz CT molecular complexity index is 601. The molecule has 1 heterocycles. The number of halogens is 1. The van der Waals surface area contributed by atoms with Crippen LogP contribution in [0.1, 0.15) is 25.5 Å². The van der Waals surface area contributed by atoms with Gasteiger partial charge in [-0.25, -0.2) is 4.99 Å². The van der Waals surface area contributed by atoms with Gasteiger partial charge in [-0.1, -0.05) is 35.5 Å². The first kappa shape index (κ1) is 16.0. The van der Waals surface area contributed by atoms with Gasteiger partial charge in [0.2, 0.25) is 0 Å². The minimum Gasteiger partial charge on any atom is -0.465 e. The fourth-order valence-corrected chi connectivity index (χ4v) is 2.91. The minimum absolute atomic E-state index is 0.298. The van der Waals surface area contributed by atoms with E-state index in [9.17, 15) is 4.79 Å². The molecule has 2 atom stereocenters. The monoisotopic (exact) mass is 324 g/mol. The Morgan fingerprint density at radius 1 is 1.48 bits per heavy atom. The van der Waals surface area contributed by atoms with Crippen molar-refractivity contribution in [1.29, 1.82) is 0 Å². The molecule has 6 heteroatoms. The number of rotatable bonds is 3. The van der Waals surface area contributed by atoms with Gasteiger partial charge in [0, 0.05) is 10.7 Å². The molecule has 0 amide bonds. The molecule has 21 heavy (non-hydrogen) atoms. The maximum absolute atomic E-state index is 12.3. The minimum atomic E-state index is -0.501. The average Bonchev–Trinajstić information content (AvgIpc) is 2.46. The number of amidine groups is 1. The van der Waals surface area contributed by atoms with Crippen LogP contribution in [0, 0.1) is 5.92 Å². The molecule has 2 rings (SSSR count). The first-order valence-corrected chi connectivity index (χ1v) is 8.26. The number of benzene rings is 1. The molecule has 112 valence electrons. The van der Waals surface area contributed by atoms with E-state index in [4.69, 9.17) is 16.3 Å². The maximum Gasteiger partial charge on any atom is 0.317 e. The molecule has 0 aromatic heterocycles. The highest BCUT2D eigenvalue weighted by molar-refractivity contribution is 8.13. The highest BCUT2D eigenvalue weighted by atomic mass is 35.5. The van der Waals surface area contributed by atoms with Crippen molar-refractivity contribution in [3.8, 4) is 0 Å². The van der Waals surface area contributed by atoms with Crippen molar-refractivity contribution in [3.63, 3.8) is 0 Å². The lowest BCUT2D eigenvalue weighted by molar-refractivity contribution is -0.146. The normalized spacial score (nSPS) is 21.5. The second kappa shape index (κ2) is 7.09. The lowest BCUT2D eigenvalue weighted by Crippen LogP contribution is -2.33. The summed E-state index contributed by atoms with van der Waals surface area (Å²) >= 11 is 7.52. The molecule has 4 nitrogen and oxygen atoms in total. The van der Waals surface area contributed by atoms with Gasteiger partial charge in [-0.3, -0.25) is 9.79 Å². The average molecular weight is 325 g/mol. The van der Waals surface area contributed by atoms with Gasteiger partial charge in [-0.05, 0) is 37.8 Å². The summed E-state index contributed by atoms with van der Waals surface area (Å²) < 4.78 is 5.17. The second-order valence-electron chi connectivity index (χ2n) is 4.60. The number of nitrogens with zero attached hydrogens (tertiary/aromatic N) is 2. The number of carbonyl (C=O) groups excluding carboxylic acids is 1. The van der Waals surface area contributed by atoms with Gasteiger partial charge in [-0.15, -0.1) is 0 Å². The molecule has 2 unspecified atom stereocenters. The molecule has 0 saturated heterocycles. The third-order valence-electron chi connectivity index (χ3n) is 3.20. The summed E-state index contributed by atoms with van der Waals surface area (Å²) in [4.78, 5) is 21.2. The number of ether oxygens (including phenoxy) is 1. The van der Waals surface area contributed by atoms with Gasteiger partial charge in [0.1, 0.15) is 5.92 Å². The van der Waals surface area contributed by atoms with Crippen LogP contribution in [0.25, 0.3) is 0 Å². The van der Waals surface area contributed by atoms with Gasteiger partial charge in [0.25, 0.3) is 0 Å². The summed E-state index contributed by atoms with van der Waals surface area (Å²) in [7, 11) is 0. The smallest absolute Gasteiger partial charge is 0.317 e. The summed E-state index contributed by atoms with van der Waals surface area (Å²) in [5.74, 6) is -0.799. The van der Waals surface area contributed by atoms with Gasteiger partial charge in [0.15, 0.2) is 5.17 Å². The summed E-state index contributed by atoms with van der Waals surface area (Å²) in [6.07, 6.45) is 1.91. The maximum atomic E-state index is 12.3. The van der Waals surface area contributed by atoms with Crippen LogP contribution in [-0.4, -0.2) is 29.7 Å². The zero-order chi connectivity index (χ0) is 15.4. The Balaban J connectivity index is 2.43. The van der Waals surface area contributed by atoms with E-state index in [1.165, 1.54) is 11.8 Å². The number of thioether (sulfide) groups is 1. The van der Waals surface area contributed by atoms with Crippen LogP contribution >= 0.6 is 23.4 Å². The van der Waals surface area contributed by atoms with Crippen molar-refractivity contribution in [2.75, 3.05) is 12.9 Å². The zero-order valence-corrected chi connectivity index (χ0v) is 13.7. The van der Waals surface area contributed by atoms with Gasteiger partial charge >= 0.3 is 5.97 Å². The fourth-order valence-electron chi connectivity index (χ4n) is 2.26. The highest BCUT2D eigenvalue weighted by Gasteiger charge is 2.36. The first-order chi connectivity index (χ1) is 10.1. The molecule has 0 saturated carbocycles. The molecule has 1 aromatic carbocycles. The molecule has 0 aliphatic carbocycles. The van der Waals surface area contributed by atoms with Crippen molar-refractivity contribution in [1.82, 2.24) is 0 Å². The molecular weight excluding hydrogens is 308 g/mol. The number of carbonyl (C=O) groups is 1. The largest absolute Gasteiger partial charge is 0.465 e. The van der Waals surface area contributed by atoms with Crippen molar-refractivity contribution in [3.05, 3.63) is 34.9 Å². The van der Waals surface area contributed by atoms with Crippen LogP contribution in [0.4, 0.5) is 0 Å². The highest BCUT2D eigenvalue weighted by Crippen LogP contribution is 2.34. The Morgan fingerprint density at radius 3 is 2.86 bits per heavy atom. The molecule has 0 radical (unpaired) electrons. The van der Waals surface area contributed by atoms with E-state index in [0.29, 0.717) is 16.8 Å². The first-order valence-electron chi connectivity index (χ1n) is 6.66. The van der Waals surface area contributed by atoms with Crippen molar-refractivity contribution in [2.45, 2.75) is 19.9 Å². The zero-order valence-electron chi connectivity index (χ0n) is 12.2. The molecule has 1 aliphatic rings. The fraction of sp³-hybridized carbons (Fsp3) is 0.400. The molecule has 0 spiro atoms.